The molecule has 0 unspecified atom stereocenters. The van der Waals surface area contributed by atoms with Gasteiger partial charge in [0.2, 0.25) is 5.91 Å². The van der Waals surface area contributed by atoms with E-state index in [9.17, 15) is 27.2 Å². The Balaban J connectivity index is 1.83. The van der Waals surface area contributed by atoms with Crippen molar-refractivity contribution >= 4 is 11.8 Å². The predicted molar refractivity (Wildman–Crippen MR) is 128 cm³/mol. The number of hydrogen-bond acceptors (Lipinski definition) is 4. The smallest absolute Gasteiger partial charge is 0.416 e. The zero-order valence-corrected chi connectivity index (χ0v) is 20.3. The lowest BCUT2D eigenvalue weighted by Gasteiger charge is -2.28. The molecule has 0 aliphatic rings. The van der Waals surface area contributed by atoms with Crippen molar-refractivity contribution < 1.29 is 36.3 Å². The van der Waals surface area contributed by atoms with Crippen LogP contribution in [0.4, 0.5) is 17.6 Å². The average Bonchev–Trinajstić information content (AvgIpc) is 3.39. The van der Waals surface area contributed by atoms with Crippen LogP contribution in [0.25, 0.3) is 0 Å². The number of benzene rings is 2. The van der Waals surface area contributed by atoms with Gasteiger partial charge in [-0.15, -0.1) is 0 Å². The Kier molecular flexibility index (Phi) is 9.85. The number of ether oxygens (including phenoxy) is 1. The SMILES string of the molecule is CCOCCCN(CC(=O)N(Cc1ccc(F)cc1)Cc1ccco1)C(=O)c1cccc(C(F)(F)F)c1. The van der Waals surface area contributed by atoms with E-state index < -0.39 is 29.4 Å². The second-order valence-corrected chi connectivity index (χ2v) is 8.31. The average molecular weight is 521 g/mol. The fraction of sp³-hybridized carbons (Fsp3) is 0.333. The van der Waals surface area contributed by atoms with Gasteiger partial charge in [0.1, 0.15) is 18.1 Å². The molecule has 2 aromatic carbocycles. The molecule has 10 heteroatoms. The highest BCUT2D eigenvalue weighted by Crippen LogP contribution is 2.29. The molecule has 0 spiro atoms. The molecular weight excluding hydrogens is 492 g/mol. The fourth-order valence-electron chi connectivity index (χ4n) is 3.66. The minimum absolute atomic E-state index is 0.0910. The highest BCUT2D eigenvalue weighted by Gasteiger charge is 2.32. The fourth-order valence-corrected chi connectivity index (χ4v) is 3.66. The van der Waals surface area contributed by atoms with E-state index in [1.54, 1.807) is 24.3 Å². The third-order valence-electron chi connectivity index (χ3n) is 5.54. The van der Waals surface area contributed by atoms with Crippen molar-refractivity contribution in [2.75, 3.05) is 26.3 Å². The number of nitrogens with zero attached hydrogens (tertiary/aromatic N) is 2. The van der Waals surface area contributed by atoms with Gasteiger partial charge in [-0.2, -0.15) is 13.2 Å². The molecule has 3 rings (SSSR count). The summed E-state index contributed by atoms with van der Waals surface area (Å²) in [7, 11) is 0. The molecule has 0 aliphatic carbocycles. The minimum Gasteiger partial charge on any atom is -0.467 e. The summed E-state index contributed by atoms with van der Waals surface area (Å²) in [6, 6.07) is 13.1. The third-order valence-corrected chi connectivity index (χ3v) is 5.54. The lowest BCUT2D eigenvalue weighted by molar-refractivity contribution is -0.137. The third kappa shape index (κ3) is 8.45. The van der Waals surface area contributed by atoms with Gasteiger partial charge in [0.25, 0.3) is 5.91 Å². The summed E-state index contributed by atoms with van der Waals surface area (Å²) in [6.07, 6.45) is -2.75. The van der Waals surface area contributed by atoms with Crippen molar-refractivity contribution in [3.05, 3.63) is 95.2 Å². The largest absolute Gasteiger partial charge is 0.467 e. The maximum atomic E-state index is 13.4. The molecule has 1 heterocycles. The number of furan rings is 1. The zero-order valence-electron chi connectivity index (χ0n) is 20.3. The van der Waals surface area contributed by atoms with Crippen LogP contribution in [0.3, 0.4) is 0 Å². The van der Waals surface area contributed by atoms with Gasteiger partial charge in [-0.1, -0.05) is 18.2 Å². The van der Waals surface area contributed by atoms with E-state index in [0.717, 1.165) is 18.2 Å². The van der Waals surface area contributed by atoms with Crippen LogP contribution in [0, 0.1) is 5.82 Å². The van der Waals surface area contributed by atoms with E-state index in [2.05, 4.69) is 0 Å². The standard InChI is InChI=1S/C27H28F4N2O4/c1-2-36-14-5-13-32(26(35)21-6-3-7-22(16-21)27(29,30)31)19-25(34)33(18-24-8-4-15-37-24)17-20-9-11-23(28)12-10-20/h3-4,6-12,15-16H,2,5,13-14,17-19H2,1H3. The lowest BCUT2D eigenvalue weighted by atomic mass is 10.1. The number of rotatable bonds is 12. The molecule has 0 N–H and O–H groups in total. The summed E-state index contributed by atoms with van der Waals surface area (Å²) in [6.45, 7) is 2.54. The van der Waals surface area contributed by atoms with Crippen molar-refractivity contribution in [1.29, 1.82) is 0 Å². The summed E-state index contributed by atoms with van der Waals surface area (Å²) in [4.78, 5) is 29.3. The molecule has 3 aromatic rings. The van der Waals surface area contributed by atoms with Gasteiger partial charge in [0.15, 0.2) is 0 Å². The summed E-state index contributed by atoms with van der Waals surface area (Å²) < 4.78 is 63.7. The maximum Gasteiger partial charge on any atom is 0.416 e. The molecule has 0 saturated carbocycles. The minimum atomic E-state index is -4.61. The van der Waals surface area contributed by atoms with Crippen LogP contribution < -0.4 is 0 Å². The van der Waals surface area contributed by atoms with E-state index >= 15 is 0 Å². The molecule has 0 fully saturated rings. The highest BCUT2D eigenvalue weighted by atomic mass is 19.4. The van der Waals surface area contributed by atoms with E-state index in [-0.39, 0.29) is 31.7 Å². The lowest BCUT2D eigenvalue weighted by Crippen LogP contribution is -2.43. The van der Waals surface area contributed by atoms with Crippen LogP contribution in [0.1, 0.15) is 40.6 Å². The monoisotopic (exact) mass is 520 g/mol. The Hall–Kier alpha value is -3.66. The topological polar surface area (TPSA) is 63.0 Å². The number of amides is 2. The second kappa shape index (κ2) is 13.0. The quantitative estimate of drug-likeness (QED) is 0.233. The number of carbonyl (C=O) groups excluding carboxylic acids is 2. The molecule has 6 nitrogen and oxygen atoms in total. The van der Waals surface area contributed by atoms with Crippen molar-refractivity contribution in [2.24, 2.45) is 0 Å². The Bertz CT molecular complexity index is 1150. The first kappa shape index (κ1) is 27.9. The molecule has 0 radical (unpaired) electrons. The highest BCUT2D eigenvalue weighted by molar-refractivity contribution is 5.96. The molecule has 2 amide bonds. The summed E-state index contributed by atoms with van der Waals surface area (Å²) in [5.74, 6) is -1.06. The molecule has 198 valence electrons. The van der Waals surface area contributed by atoms with Crippen LogP contribution >= 0.6 is 0 Å². The van der Waals surface area contributed by atoms with Crippen LogP contribution in [-0.2, 0) is 28.8 Å². The van der Waals surface area contributed by atoms with Crippen molar-refractivity contribution in [1.82, 2.24) is 9.80 Å². The van der Waals surface area contributed by atoms with E-state index in [1.165, 1.54) is 34.3 Å². The van der Waals surface area contributed by atoms with Gasteiger partial charge in [0, 0.05) is 31.9 Å². The van der Waals surface area contributed by atoms with Gasteiger partial charge in [0.05, 0.1) is 18.4 Å². The molecule has 0 atom stereocenters. The first-order chi connectivity index (χ1) is 17.7. The van der Waals surface area contributed by atoms with Gasteiger partial charge in [-0.25, -0.2) is 4.39 Å². The molecule has 0 aliphatic heterocycles. The van der Waals surface area contributed by atoms with Crippen LogP contribution in [0.5, 0.6) is 0 Å². The van der Waals surface area contributed by atoms with E-state index in [0.29, 0.717) is 31.0 Å². The van der Waals surface area contributed by atoms with E-state index in [4.69, 9.17) is 9.15 Å². The Morgan fingerprint density at radius 3 is 2.38 bits per heavy atom. The van der Waals surface area contributed by atoms with Gasteiger partial charge in [-0.05, 0) is 61.4 Å². The van der Waals surface area contributed by atoms with Crippen molar-refractivity contribution in [3.8, 4) is 0 Å². The number of halogens is 4. The van der Waals surface area contributed by atoms with Crippen molar-refractivity contribution in [3.63, 3.8) is 0 Å². The first-order valence-electron chi connectivity index (χ1n) is 11.8. The molecule has 0 bridgehead atoms. The number of carbonyl (C=O) groups is 2. The summed E-state index contributed by atoms with van der Waals surface area (Å²) in [5, 5.41) is 0. The molecule has 0 saturated heterocycles. The van der Waals surface area contributed by atoms with E-state index in [1.807, 2.05) is 6.92 Å². The van der Waals surface area contributed by atoms with Gasteiger partial charge in [-0.3, -0.25) is 9.59 Å². The predicted octanol–water partition coefficient (Wildman–Crippen LogP) is 5.54. The van der Waals surface area contributed by atoms with Gasteiger partial charge >= 0.3 is 6.18 Å². The van der Waals surface area contributed by atoms with Crippen LogP contribution in [0.15, 0.2) is 71.3 Å². The normalized spacial score (nSPS) is 11.4. The Labute approximate surface area is 212 Å². The molecular formula is C27H28F4N2O4. The zero-order chi connectivity index (χ0) is 26.8. The van der Waals surface area contributed by atoms with Crippen molar-refractivity contribution in [2.45, 2.75) is 32.6 Å². The number of alkyl halides is 3. The Morgan fingerprint density at radius 1 is 0.973 bits per heavy atom. The number of hydrogen-bond donors (Lipinski definition) is 0. The second-order valence-electron chi connectivity index (χ2n) is 8.31. The van der Waals surface area contributed by atoms with Gasteiger partial charge < -0.3 is 19.0 Å². The Morgan fingerprint density at radius 2 is 1.73 bits per heavy atom. The maximum absolute atomic E-state index is 13.4. The first-order valence-corrected chi connectivity index (χ1v) is 11.8. The molecule has 37 heavy (non-hydrogen) atoms. The molecule has 1 aromatic heterocycles. The summed E-state index contributed by atoms with van der Waals surface area (Å²) in [5.41, 5.74) is -0.460. The summed E-state index contributed by atoms with van der Waals surface area (Å²) >= 11 is 0. The van der Waals surface area contributed by atoms with Crippen LogP contribution in [-0.4, -0.2) is 47.9 Å². The van der Waals surface area contributed by atoms with Crippen LogP contribution in [0.2, 0.25) is 0 Å².